The van der Waals surface area contributed by atoms with Gasteiger partial charge in [-0.15, -0.1) is 10.2 Å². The molecule has 1 saturated carbocycles. The maximum absolute atomic E-state index is 12.5. The minimum Gasteiger partial charge on any atom is -0.376 e. The average Bonchev–Trinajstić information content (AvgIpc) is 3.13. The van der Waals surface area contributed by atoms with Crippen molar-refractivity contribution in [3.63, 3.8) is 0 Å². The van der Waals surface area contributed by atoms with Crippen LogP contribution in [0.3, 0.4) is 0 Å². The van der Waals surface area contributed by atoms with Crippen LogP contribution in [0.25, 0.3) is 11.5 Å². The van der Waals surface area contributed by atoms with Crippen molar-refractivity contribution in [3.8, 4) is 11.5 Å². The van der Waals surface area contributed by atoms with Gasteiger partial charge in [-0.1, -0.05) is 6.92 Å². The Balaban J connectivity index is 1.65. The Morgan fingerprint density at radius 1 is 1.31 bits per heavy atom. The fourth-order valence-corrected chi connectivity index (χ4v) is 3.72. The van der Waals surface area contributed by atoms with Crippen LogP contribution in [0.15, 0.2) is 24.5 Å². The highest BCUT2D eigenvalue weighted by Crippen LogP contribution is 2.29. The Bertz CT molecular complexity index is 789. The number of amides is 1. The van der Waals surface area contributed by atoms with Gasteiger partial charge in [0.05, 0.1) is 12.1 Å². The van der Waals surface area contributed by atoms with Gasteiger partial charge in [0, 0.05) is 38.0 Å². The summed E-state index contributed by atoms with van der Waals surface area (Å²) < 4.78 is 8.01. The Labute approximate surface area is 172 Å². The van der Waals surface area contributed by atoms with Crippen LogP contribution in [0, 0.1) is 5.92 Å². The summed E-state index contributed by atoms with van der Waals surface area (Å²) in [4.78, 5) is 16.8. The van der Waals surface area contributed by atoms with Crippen molar-refractivity contribution in [2.45, 2.75) is 64.6 Å². The molecule has 1 amide bonds. The first kappa shape index (κ1) is 21.2. The molecule has 8 nitrogen and oxygen atoms in total. The zero-order valence-corrected chi connectivity index (χ0v) is 17.8. The summed E-state index contributed by atoms with van der Waals surface area (Å²) in [7, 11) is 1.93. The lowest BCUT2D eigenvalue weighted by molar-refractivity contribution is -0.128. The summed E-state index contributed by atoms with van der Waals surface area (Å²) >= 11 is 0. The van der Waals surface area contributed by atoms with E-state index in [1.165, 1.54) is 0 Å². The smallest absolute Gasteiger partial charge is 0.223 e. The summed E-state index contributed by atoms with van der Waals surface area (Å²) in [5.74, 6) is 1.62. The molecule has 0 bridgehead atoms. The first-order valence-electron chi connectivity index (χ1n) is 10.5. The van der Waals surface area contributed by atoms with Gasteiger partial charge in [-0.3, -0.25) is 4.79 Å². The maximum Gasteiger partial charge on any atom is 0.223 e. The van der Waals surface area contributed by atoms with E-state index in [9.17, 15) is 4.79 Å². The standard InChI is InChI=1S/C21H32N6O2/c1-5-12-29-18-13-15(21(28)23-14(2)3)6-7-16(18)24-19-9-8-17(25-26-19)20-22-10-11-27(20)4/h8-11,14-16,18H,5-7,12-13H2,1-4H3,(H,23,28)(H,24,26)/t15-,16+,18+/m0/s1. The van der Waals surface area contributed by atoms with Crippen LogP contribution in [0.4, 0.5) is 5.82 Å². The highest BCUT2D eigenvalue weighted by atomic mass is 16.5. The van der Waals surface area contributed by atoms with Gasteiger partial charge in [0.25, 0.3) is 0 Å². The van der Waals surface area contributed by atoms with Crippen LogP contribution >= 0.6 is 0 Å². The molecule has 29 heavy (non-hydrogen) atoms. The summed E-state index contributed by atoms with van der Waals surface area (Å²) in [6, 6.07) is 4.10. The van der Waals surface area contributed by atoms with Gasteiger partial charge in [-0.25, -0.2) is 4.98 Å². The number of anilines is 1. The number of imidazole rings is 1. The first-order valence-corrected chi connectivity index (χ1v) is 10.5. The van der Waals surface area contributed by atoms with Gasteiger partial charge in [0.1, 0.15) is 11.5 Å². The second kappa shape index (κ2) is 9.82. The Morgan fingerprint density at radius 2 is 2.14 bits per heavy atom. The third kappa shape index (κ3) is 5.53. The molecule has 0 aromatic carbocycles. The second-order valence-corrected chi connectivity index (χ2v) is 8.00. The lowest BCUT2D eigenvalue weighted by Crippen LogP contribution is -2.46. The monoisotopic (exact) mass is 400 g/mol. The number of aromatic nitrogens is 4. The van der Waals surface area contributed by atoms with E-state index in [-0.39, 0.29) is 30.0 Å². The number of nitrogens with one attached hydrogen (secondary N) is 2. The molecule has 3 atom stereocenters. The van der Waals surface area contributed by atoms with Crippen molar-refractivity contribution in [2.24, 2.45) is 13.0 Å². The van der Waals surface area contributed by atoms with Gasteiger partial charge in [-0.05, 0) is 51.7 Å². The lowest BCUT2D eigenvalue weighted by atomic mass is 9.83. The number of carbonyl (C=O) groups excluding carboxylic acids is 1. The summed E-state index contributed by atoms with van der Waals surface area (Å²) in [6.45, 7) is 6.76. The third-order valence-corrected chi connectivity index (χ3v) is 5.18. The van der Waals surface area contributed by atoms with Gasteiger partial charge >= 0.3 is 0 Å². The van der Waals surface area contributed by atoms with E-state index in [0.29, 0.717) is 12.4 Å². The highest BCUT2D eigenvalue weighted by molar-refractivity contribution is 5.79. The molecule has 2 heterocycles. The van der Waals surface area contributed by atoms with E-state index in [1.54, 1.807) is 6.20 Å². The van der Waals surface area contributed by atoms with Crippen LogP contribution in [-0.4, -0.2) is 50.5 Å². The molecule has 0 saturated heterocycles. The average molecular weight is 401 g/mol. The third-order valence-electron chi connectivity index (χ3n) is 5.18. The molecule has 2 aromatic rings. The Hall–Kier alpha value is -2.48. The molecule has 0 aliphatic heterocycles. The molecule has 3 rings (SSSR count). The number of nitrogens with zero attached hydrogens (tertiary/aromatic N) is 4. The highest BCUT2D eigenvalue weighted by Gasteiger charge is 2.35. The molecule has 8 heteroatoms. The fourth-order valence-electron chi connectivity index (χ4n) is 3.72. The zero-order valence-electron chi connectivity index (χ0n) is 17.8. The zero-order chi connectivity index (χ0) is 20.8. The molecule has 2 N–H and O–H groups in total. The minimum absolute atomic E-state index is 0.00539. The molecule has 0 radical (unpaired) electrons. The molecular weight excluding hydrogens is 368 g/mol. The van der Waals surface area contributed by atoms with Crippen molar-refractivity contribution >= 4 is 11.7 Å². The van der Waals surface area contributed by atoms with Gasteiger partial charge in [0.15, 0.2) is 5.82 Å². The fraction of sp³-hybridized carbons (Fsp3) is 0.619. The van der Waals surface area contributed by atoms with Crippen LogP contribution in [-0.2, 0) is 16.6 Å². The second-order valence-electron chi connectivity index (χ2n) is 8.00. The van der Waals surface area contributed by atoms with E-state index in [1.807, 2.05) is 43.8 Å². The first-order chi connectivity index (χ1) is 14.0. The Morgan fingerprint density at radius 3 is 2.76 bits per heavy atom. The molecule has 2 aromatic heterocycles. The summed E-state index contributed by atoms with van der Waals surface area (Å²) in [5.41, 5.74) is 0.732. The molecule has 0 spiro atoms. The number of hydrogen-bond acceptors (Lipinski definition) is 6. The van der Waals surface area contributed by atoms with Crippen molar-refractivity contribution in [1.82, 2.24) is 25.1 Å². The molecule has 1 fully saturated rings. The molecule has 1 aliphatic rings. The summed E-state index contributed by atoms with van der Waals surface area (Å²) in [5, 5.41) is 15.1. The van der Waals surface area contributed by atoms with Crippen molar-refractivity contribution in [1.29, 1.82) is 0 Å². The lowest BCUT2D eigenvalue weighted by Gasteiger charge is -2.36. The number of rotatable bonds is 8. The minimum atomic E-state index is -0.0253. The Kier molecular flexibility index (Phi) is 7.19. The number of ether oxygens (including phenoxy) is 1. The van der Waals surface area contributed by atoms with E-state index in [0.717, 1.165) is 37.2 Å². The predicted octanol–water partition coefficient (Wildman–Crippen LogP) is 2.78. The molecule has 0 unspecified atom stereocenters. The van der Waals surface area contributed by atoms with Crippen molar-refractivity contribution < 1.29 is 9.53 Å². The molecular formula is C21H32N6O2. The van der Waals surface area contributed by atoms with E-state index >= 15 is 0 Å². The predicted molar refractivity (Wildman–Crippen MR) is 112 cm³/mol. The topological polar surface area (TPSA) is 94.0 Å². The van der Waals surface area contributed by atoms with Crippen LogP contribution in [0.2, 0.25) is 0 Å². The molecule has 158 valence electrons. The van der Waals surface area contributed by atoms with E-state index in [2.05, 4.69) is 32.7 Å². The normalized spacial score (nSPS) is 21.9. The largest absolute Gasteiger partial charge is 0.376 e. The number of hydrogen-bond donors (Lipinski definition) is 2. The van der Waals surface area contributed by atoms with Crippen LogP contribution in [0.1, 0.15) is 46.5 Å². The van der Waals surface area contributed by atoms with Crippen molar-refractivity contribution in [2.75, 3.05) is 11.9 Å². The SMILES string of the molecule is CCCO[C@@H]1C[C@@H](C(=O)NC(C)C)CC[C@H]1Nc1ccc(-c2nccn2C)nn1. The van der Waals surface area contributed by atoms with Gasteiger partial charge < -0.3 is 19.9 Å². The number of aryl methyl sites for hydroxylation is 1. The van der Waals surface area contributed by atoms with E-state index < -0.39 is 0 Å². The van der Waals surface area contributed by atoms with Crippen LogP contribution < -0.4 is 10.6 Å². The quantitative estimate of drug-likeness (QED) is 0.708. The van der Waals surface area contributed by atoms with Gasteiger partial charge in [0.2, 0.25) is 5.91 Å². The summed E-state index contributed by atoms with van der Waals surface area (Å²) in [6.07, 6.45) is 6.95. The molecule has 1 aliphatic carbocycles. The van der Waals surface area contributed by atoms with Crippen LogP contribution in [0.5, 0.6) is 0 Å². The van der Waals surface area contributed by atoms with Gasteiger partial charge in [-0.2, -0.15) is 0 Å². The van der Waals surface area contributed by atoms with Crippen molar-refractivity contribution in [3.05, 3.63) is 24.5 Å². The number of carbonyl (C=O) groups is 1. The van der Waals surface area contributed by atoms with E-state index in [4.69, 9.17) is 4.74 Å². The maximum atomic E-state index is 12.5.